The van der Waals surface area contributed by atoms with Crippen LogP contribution in [0.25, 0.3) is 0 Å². The van der Waals surface area contributed by atoms with E-state index in [1.54, 1.807) is 30.2 Å². The average Bonchev–Trinajstić information content (AvgIpc) is 3.03. The maximum absolute atomic E-state index is 5.27. The number of rotatable bonds is 4. The number of methoxy groups -OCH3 is 1. The van der Waals surface area contributed by atoms with Gasteiger partial charge in [-0.3, -0.25) is 0 Å². The molecule has 0 aliphatic carbocycles. The van der Waals surface area contributed by atoms with E-state index in [0.29, 0.717) is 6.54 Å². The fourth-order valence-corrected chi connectivity index (χ4v) is 4.52. The Labute approximate surface area is 173 Å². The molecule has 0 unspecified atom stereocenters. The summed E-state index contributed by atoms with van der Waals surface area (Å²) < 4.78 is 5.27. The normalized spacial score (nSPS) is 13.5. The van der Waals surface area contributed by atoms with Crippen LogP contribution in [0.1, 0.15) is 21.6 Å². The van der Waals surface area contributed by atoms with Crippen LogP contribution in [0, 0.1) is 6.92 Å². The molecule has 142 valence electrons. The van der Waals surface area contributed by atoms with Crippen molar-refractivity contribution in [2.45, 2.75) is 13.5 Å². The molecule has 4 rings (SSSR count). The zero-order valence-corrected chi connectivity index (χ0v) is 17.7. The lowest BCUT2D eigenvalue weighted by molar-refractivity contribution is 0.413. The summed E-state index contributed by atoms with van der Waals surface area (Å²) in [6.45, 7) is 2.76. The molecule has 28 heavy (non-hydrogen) atoms. The van der Waals surface area contributed by atoms with Crippen molar-refractivity contribution in [2.24, 2.45) is 10.1 Å². The summed E-state index contributed by atoms with van der Waals surface area (Å²) in [5.74, 6) is 0.851. The van der Waals surface area contributed by atoms with Crippen LogP contribution in [-0.2, 0) is 6.54 Å². The van der Waals surface area contributed by atoms with E-state index in [1.165, 1.54) is 4.88 Å². The lowest BCUT2D eigenvalue weighted by atomic mass is 10.0. The Hall–Kier alpha value is -2.57. The molecule has 1 aliphatic heterocycles. The first-order valence-corrected chi connectivity index (χ1v) is 11.0. The minimum atomic E-state index is 0.647. The monoisotopic (exact) mass is 407 g/mol. The van der Waals surface area contributed by atoms with Gasteiger partial charge in [0.15, 0.2) is 5.17 Å². The van der Waals surface area contributed by atoms with Crippen LogP contribution in [0.4, 0.5) is 5.00 Å². The molecular weight excluding hydrogens is 386 g/mol. The molecule has 0 saturated heterocycles. The highest BCUT2D eigenvalue weighted by molar-refractivity contribution is 8.13. The van der Waals surface area contributed by atoms with Crippen molar-refractivity contribution in [1.82, 2.24) is 5.01 Å². The minimum Gasteiger partial charge on any atom is -0.497 e. The Morgan fingerprint density at radius 3 is 2.50 bits per heavy atom. The van der Waals surface area contributed by atoms with Gasteiger partial charge in [-0.1, -0.05) is 54.2 Å². The van der Waals surface area contributed by atoms with Gasteiger partial charge < -0.3 is 4.74 Å². The largest absolute Gasteiger partial charge is 0.497 e. The maximum Gasteiger partial charge on any atom is 0.185 e. The van der Waals surface area contributed by atoms with E-state index in [0.717, 1.165) is 38.3 Å². The number of aliphatic imine (C=N–C) groups is 1. The molecule has 3 aromatic rings. The summed E-state index contributed by atoms with van der Waals surface area (Å²) in [6, 6.07) is 20.6. The Kier molecular flexibility index (Phi) is 5.50. The van der Waals surface area contributed by atoms with E-state index >= 15 is 0 Å². The van der Waals surface area contributed by atoms with Gasteiger partial charge >= 0.3 is 0 Å². The second kappa shape index (κ2) is 8.20. The quantitative estimate of drug-likeness (QED) is 0.558. The van der Waals surface area contributed by atoms with Gasteiger partial charge in [-0.2, -0.15) is 5.10 Å². The number of hydrogen-bond donors (Lipinski definition) is 0. The second-order valence-electron chi connectivity index (χ2n) is 6.39. The highest BCUT2D eigenvalue weighted by Gasteiger charge is 2.23. The fourth-order valence-electron chi connectivity index (χ4n) is 3.08. The van der Waals surface area contributed by atoms with Crippen molar-refractivity contribution in [1.29, 1.82) is 0 Å². The van der Waals surface area contributed by atoms with Crippen LogP contribution >= 0.6 is 23.1 Å². The summed E-state index contributed by atoms with van der Waals surface area (Å²) in [5.41, 5.74) is 4.30. The molecule has 0 spiro atoms. The summed E-state index contributed by atoms with van der Waals surface area (Å²) in [5, 5.41) is 8.97. The molecule has 0 saturated carbocycles. The first kappa shape index (κ1) is 18.8. The van der Waals surface area contributed by atoms with Crippen molar-refractivity contribution >= 4 is 39.0 Å². The Balaban J connectivity index is 1.78. The zero-order valence-electron chi connectivity index (χ0n) is 16.0. The van der Waals surface area contributed by atoms with Gasteiger partial charge in [-0.15, -0.1) is 11.3 Å². The van der Waals surface area contributed by atoms with Crippen molar-refractivity contribution in [2.75, 3.05) is 13.4 Å². The number of aryl methyl sites for hydroxylation is 1. The number of fused-ring (bicyclic) bond motifs is 1. The average molecular weight is 408 g/mol. The van der Waals surface area contributed by atoms with Crippen LogP contribution in [0.3, 0.4) is 0 Å². The number of benzene rings is 2. The number of nitrogens with zero attached hydrogens (tertiary/aromatic N) is 3. The molecule has 6 heteroatoms. The van der Waals surface area contributed by atoms with Crippen LogP contribution in [0.5, 0.6) is 5.75 Å². The molecule has 2 heterocycles. The van der Waals surface area contributed by atoms with E-state index in [-0.39, 0.29) is 0 Å². The number of thiophene rings is 1. The Morgan fingerprint density at radius 2 is 1.82 bits per heavy atom. The molecule has 2 aromatic carbocycles. The number of hydrazone groups is 1. The standard InChI is InChI=1S/C22H21N3OS2/c1-15-13-19-20(17-7-5-4-6-8-17)24-25(22(27-3)23-21(19)28-15)14-16-9-11-18(26-2)12-10-16/h4-13H,14H2,1-3H3. The van der Waals surface area contributed by atoms with Crippen molar-refractivity contribution in [3.8, 4) is 5.75 Å². The van der Waals surface area contributed by atoms with Gasteiger partial charge in [0.05, 0.1) is 13.7 Å². The third kappa shape index (κ3) is 3.84. The summed E-state index contributed by atoms with van der Waals surface area (Å²) >= 11 is 3.32. The van der Waals surface area contributed by atoms with E-state index in [2.05, 4.69) is 37.3 Å². The molecule has 0 radical (unpaired) electrons. The second-order valence-corrected chi connectivity index (χ2v) is 8.40. The predicted molar refractivity (Wildman–Crippen MR) is 120 cm³/mol. The van der Waals surface area contributed by atoms with Gasteiger partial charge in [-0.25, -0.2) is 10.0 Å². The molecular formula is C22H21N3OS2. The van der Waals surface area contributed by atoms with Crippen LogP contribution in [0.15, 0.2) is 70.8 Å². The van der Waals surface area contributed by atoms with Crippen molar-refractivity contribution < 1.29 is 4.74 Å². The SMILES string of the molecule is COc1ccc(CN2N=C(c3ccccc3)c3cc(C)sc3N=C2SC)cc1. The maximum atomic E-state index is 5.27. The van der Waals surface area contributed by atoms with Gasteiger partial charge in [0.25, 0.3) is 0 Å². The molecule has 0 amide bonds. The Bertz CT molecular complexity index is 1020. The zero-order chi connectivity index (χ0) is 19.5. The van der Waals surface area contributed by atoms with Gasteiger partial charge in [0, 0.05) is 16.0 Å². The van der Waals surface area contributed by atoms with Gasteiger partial charge in [0.2, 0.25) is 0 Å². The van der Waals surface area contributed by atoms with Gasteiger partial charge in [-0.05, 0) is 36.9 Å². The molecule has 0 N–H and O–H groups in total. The lowest BCUT2D eigenvalue weighted by Gasteiger charge is -2.20. The minimum absolute atomic E-state index is 0.647. The highest BCUT2D eigenvalue weighted by atomic mass is 32.2. The fraction of sp³-hybridized carbons (Fsp3) is 0.182. The van der Waals surface area contributed by atoms with Crippen LogP contribution in [0.2, 0.25) is 0 Å². The highest BCUT2D eigenvalue weighted by Crippen LogP contribution is 2.36. The number of thioether (sulfide) groups is 1. The number of ether oxygens (including phenoxy) is 1. The summed E-state index contributed by atoms with van der Waals surface area (Å²) in [7, 11) is 1.68. The topological polar surface area (TPSA) is 37.2 Å². The van der Waals surface area contributed by atoms with Gasteiger partial charge in [0.1, 0.15) is 16.5 Å². The molecule has 4 nitrogen and oxygen atoms in total. The van der Waals surface area contributed by atoms with Crippen LogP contribution in [-0.4, -0.2) is 29.3 Å². The smallest absolute Gasteiger partial charge is 0.185 e. The third-order valence-corrected chi connectivity index (χ3v) is 6.06. The predicted octanol–water partition coefficient (Wildman–Crippen LogP) is 5.68. The van der Waals surface area contributed by atoms with E-state index in [4.69, 9.17) is 14.8 Å². The van der Waals surface area contributed by atoms with Crippen molar-refractivity contribution in [3.05, 3.63) is 82.2 Å². The molecule has 0 atom stereocenters. The van der Waals surface area contributed by atoms with Crippen LogP contribution < -0.4 is 4.74 Å². The van der Waals surface area contributed by atoms with E-state index < -0.39 is 0 Å². The first-order valence-electron chi connectivity index (χ1n) is 8.96. The summed E-state index contributed by atoms with van der Waals surface area (Å²) in [4.78, 5) is 6.19. The molecule has 1 aromatic heterocycles. The van der Waals surface area contributed by atoms with E-state index in [1.807, 2.05) is 41.6 Å². The molecule has 1 aliphatic rings. The number of amidine groups is 1. The molecule has 0 fully saturated rings. The summed E-state index contributed by atoms with van der Waals surface area (Å²) in [6.07, 6.45) is 2.04. The van der Waals surface area contributed by atoms with E-state index in [9.17, 15) is 0 Å². The Morgan fingerprint density at radius 1 is 1.07 bits per heavy atom. The molecule has 0 bridgehead atoms. The van der Waals surface area contributed by atoms with Crippen molar-refractivity contribution in [3.63, 3.8) is 0 Å². The first-order chi connectivity index (χ1) is 13.7. The lowest BCUT2D eigenvalue weighted by Crippen LogP contribution is -2.23. The third-order valence-electron chi connectivity index (χ3n) is 4.45. The number of hydrogen-bond acceptors (Lipinski definition) is 6.